The van der Waals surface area contributed by atoms with Crippen molar-refractivity contribution in [2.75, 3.05) is 25.1 Å². The van der Waals surface area contributed by atoms with Gasteiger partial charge in [-0.25, -0.2) is 14.4 Å². The highest BCUT2D eigenvalue weighted by Crippen LogP contribution is 2.38. The quantitative estimate of drug-likeness (QED) is 0.337. The third-order valence-electron chi connectivity index (χ3n) is 6.48. The lowest BCUT2D eigenvalue weighted by Crippen LogP contribution is -2.29. The Labute approximate surface area is 224 Å². The maximum absolute atomic E-state index is 13.9. The van der Waals surface area contributed by atoms with Gasteiger partial charge in [0.05, 0.1) is 40.4 Å². The van der Waals surface area contributed by atoms with Gasteiger partial charge in [0.2, 0.25) is 0 Å². The van der Waals surface area contributed by atoms with Gasteiger partial charge in [0.1, 0.15) is 35.9 Å². The van der Waals surface area contributed by atoms with E-state index in [1.54, 1.807) is 25.2 Å². The third kappa shape index (κ3) is 5.07. The van der Waals surface area contributed by atoms with Gasteiger partial charge in [0, 0.05) is 24.2 Å². The van der Waals surface area contributed by atoms with E-state index in [0.29, 0.717) is 64.8 Å². The molecule has 2 N–H and O–H groups in total. The van der Waals surface area contributed by atoms with E-state index in [2.05, 4.69) is 15.5 Å². The summed E-state index contributed by atoms with van der Waals surface area (Å²) in [7, 11) is 1.76. The first-order valence-corrected chi connectivity index (χ1v) is 12.6. The topological polar surface area (TPSA) is 109 Å². The Hall–Kier alpha value is -3.60. The molecule has 0 spiro atoms. The summed E-state index contributed by atoms with van der Waals surface area (Å²) in [6, 6.07) is 6.72. The van der Waals surface area contributed by atoms with Crippen LogP contribution in [0.5, 0.6) is 5.75 Å². The Kier molecular flexibility index (Phi) is 7.29. The number of aliphatic hydroxyl groups excluding tert-OH is 1. The van der Waals surface area contributed by atoms with E-state index in [9.17, 15) is 9.50 Å². The van der Waals surface area contributed by atoms with Gasteiger partial charge < -0.3 is 24.6 Å². The molecule has 5 rings (SSSR count). The first-order valence-electron chi connectivity index (χ1n) is 12.2. The Bertz CT molecular complexity index is 1470. The minimum atomic E-state index is -0.664. The van der Waals surface area contributed by atoms with E-state index in [1.807, 2.05) is 25.7 Å². The number of nitrogens with one attached hydrogen (secondary N) is 1. The highest BCUT2D eigenvalue weighted by atomic mass is 35.5. The number of aryl methyl sites for hydroxylation is 2. The molecule has 38 heavy (non-hydrogen) atoms. The molecular weight excluding hydrogens is 511 g/mol. The summed E-state index contributed by atoms with van der Waals surface area (Å²) in [5.74, 6) is 1.86. The van der Waals surface area contributed by atoms with Gasteiger partial charge in [0.25, 0.3) is 0 Å². The Morgan fingerprint density at radius 2 is 2.03 bits per heavy atom. The van der Waals surface area contributed by atoms with Crippen LogP contribution in [-0.2, 0) is 13.1 Å². The van der Waals surface area contributed by atoms with Crippen molar-refractivity contribution >= 4 is 17.4 Å². The number of likely N-dealkylation sites (N-methyl/N-ethyl adjacent to an activating group) is 1. The van der Waals surface area contributed by atoms with Crippen LogP contribution in [-0.4, -0.2) is 51.5 Å². The van der Waals surface area contributed by atoms with Gasteiger partial charge in [-0.15, -0.1) is 0 Å². The molecule has 0 radical (unpaired) electrons. The van der Waals surface area contributed by atoms with Crippen LogP contribution >= 0.6 is 11.6 Å². The largest absolute Gasteiger partial charge is 0.491 e. The molecule has 1 aliphatic rings. The van der Waals surface area contributed by atoms with Gasteiger partial charge in [-0.3, -0.25) is 4.98 Å². The first-order chi connectivity index (χ1) is 18.2. The lowest BCUT2D eigenvalue weighted by Gasteiger charge is -2.22. The number of hydrogen-bond acceptors (Lipinski definition) is 9. The number of fused-ring (bicyclic) bond motifs is 1. The highest BCUT2D eigenvalue weighted by Gasteiger charge is 2.28. The summed E-state index contributed by atoms with van der Waals surface area (Å²) >= 11 is 6.63. The maximum atomic E-state index is 13.9. The zero-order valence-corrected chi connectivity index (χ0v) is 22.3. The molecule has 1 aromatic carbocycles. The Morgan fingerprint density at radius 3 is 2.76 bits per heavy atom. The van der Waals surface area contributed by atoms with Crippen molar-refractivity contribution in [3.63, 3.8) is 0 Å². The molecule has 0 bridgehead atoms. The van der Waals surface area contributed by atoms with Gasteiger partial charge in [-0.2, -0.15) is 0 Å². The second-order valence-corrected chi connectivity index (χ2v) is 9.73. The summed E-state index contributed by atoms with van der Waals surface area (Å²) in [6.07, 6.45) is 0.567. The van der Waals surface area contributed by atoms with Crippen LogP contribution in [0.4, 0.5) is 10.2 Å². The number of benzene rings is 1. The molecule has 198 valence electrons. The minimum Gasteiger partial charge on any atom is -0.491 e. The third-order valence-corrected chi connectivity index (χ3v) is 6.81. The van der Waals surface area contributed by atoms with Crippen LogP contribution in [0.1, 0.15) is 28.3 Å². The summed E-state index contributed by atoms with van der Waals surface area (Å²) < 4.78 is 25.1. The van der Waals surface area contributed by atoms with Crippen molar-refractivity contribution in [2.45, 2.75) is 40.0 Å². The van der Waals surface area contributed by atoms with E-state index in [4.69, 9.17) is 30.8 Å². The number of hydrogen-bond donors (Lipinski definition) is 2. The SMILES string of the molecule is CNC[C@@H](O)COc1ccc(Cl)c(-c2nc(-c3c(C)noc3C)c(C)c(N3Cc4cc(F)cnc4C3)n2)c1. The van der Waals surface area contributed by atoms with Crippen molar-refractivity contribution in [1.29, 1.82) is 0 Å². The Morgan fingerprint density at radius 1 is 1.21 bits per heavy atom. The fraction of sp³-hybridized carbons (Fsp3) is 0.333. The summed E-state index contributed by atoms with van der Waals surface area (Å²) in [5.41, 5.74) is 5.18. The highest BCUT2D eigenvalue weighted by molar-refractivity contribution is 6.33. The fourth-order valence-electron chi connectivity index (χ4n) is 4.63. The normalized spacial score (nSPS) is 13.6. The van der Waals surface area contributed by atoms with Gasteiger partial charge in [-0.05, 0) is 57.6 Å². The zero-order valence-electron chi connectivity index (χ0n) is 21.5. The number of pyridine rings is 1. The molecule has 0 fully saturated rings. The zero-order chi connectivity index (χ0) is 27.0. The van der Waals surface area contributed by atoms with Gasteiger partial charge in [-0.1, -0.05) is 16.8 Å². The molecule has 0 aliphatic carbocycles. The molecule has 1 aliphatic heterocycles. The molecule has 0 amide bonds. The number of anilines is 1. The number of aromatic nitrogens is 4. The lowest BCUT2D eigenvalue weighted by atomic mass is 10.0. The predicted molar refractivity (Wildman–Crippen MR) is 142 cm³/mol. The van der Waals surface area contributed by atoms with Gasteiger partial charge in [0.15, 0.2) is 5.82 Å². The van der Waals surface area contributed by atoms with E-state index >= 15 is 0 Å². The average Bonchev–Trinajstić information content (AvgIpc) is 3.46. The second kappa shape index (κ2) is 10.6. The fourth-order valence-corrected chi connectivity index (χ4v) is 4.83. The monoisotopic (exact) mass is 538 g/mol. The van der Waals surface area contributed by atoms with Crippen LogP contribution in [0.15, 0.2) is 35.0 Å². The lowest BCUT2D eigenvalue weighted by molar-refractivity contribution is 0.108. The number of nitrogens with zero attached hydrogens (tertiary/aromatic N) is 5. The molecule has 1 atom stereocenters. The van der Waals surface area contributed by atoms with Crippen LogP contribution < -0.4 is 15.0 Å². The molecule has 0 saturated carbocycles. The smallest absolute Gasteiger partial charge is 0.163 e. The van der Waals surface area contributed by atoms with Crippen LogP contribution in [0, 0.1) is 26.6 Å². The average molecular weight is 539 g/mol. The van der Waals surface area contributed by atoms with Crippen LogP contribution in [0.3, 0.4) is 0 Å². The van der Waals surface area contributed by atoms with Crippen molar-refractivity contribution < 1.29 is 18.8 Å². The van der Waals surface area contributed by atoms with E-state index in [0.717, 1.165) is 22.4 Å². The van der Waals surface area contributed by atoms with Crippen molar-refractivity contribution in [3.8, 4) is 28.4 Å². The van der Waals surface area contributed by atoms with Crippen molar-refractivity contribution in [1.82, 2.24) is 25.4 Å². The molecule has 11 heteroatoms. The van der Waals surface area contributed by atoms with Crippen LogP contribution in [0.25, 0.3) is 22.6 Å². The molecule has 9 nitrogen and oxygen atoms in total. The molecular formula is C27H28ClFN6O3. The molecule has 4 aromatic rings. The van der Waals surface area contributed by atoms with Gasteiger partial charge >= 0.3 is 0 Å². The summed E-state index contributed by atoms with van der Waals surface area (Å²) in [5, 5.41) is 17.5. The standard InChI is InChI=1S/C27H28ClFN6O3/c1-14-25(24-15(2)34-38-16(24)3)32-26(21-8-20(5-6-22(21)28)37-13-19(36)10-30-4)33-27(14)35-11-17-7-18(29)9-31-23(17)12-35/h5-9,19,30,36H,10-13H2,1-4H3/t19-/m1/s1. The first kappa shape index (κ1) is 26.0. The second-order valence-electron chi connectivity index (χ2n) is 9.32. The van der Waals surface area contributed by atoms with Crippen molar-refractivity contribution in [2.24, 2.45) is 0 Å². The molecule has 4 heterocycles. The number of rotatable bonds is 8. The predicted octanol–water partition coefficient (Wildman–Crippen LogP) is 4.39. The van der Waals surface area contributed by atoms with E-state index in [1.165, 1.54) is 12.3 Å². The van der Waals surface area contributed by atoms with E-state index < -0.39 is 6.10 Å². The molecule has 0 unspecified atom stereocenters. The summed E-state index contributed by atoms with van der Waals surface area (Å²) in [6.45, 7) is 7.11. The number of halogens is 2. The summed E-state index contributed by atoms with van der Waals surface area (Å²) in [4.78, 5) is 16.2. The minimum absolute atomic E-state index is 0.113. The van der Waals surface area contributed by atoms with Crippen LogP contribution in [0.2, 0.25) is 5.02 Å². The molecule has 3 aromatic heterocycles. The number of aliphatic hydroxyl groups is 1. The molecule has 0 saturated heterocycles. The van der Waals surface area contributed by atoms with Crippen molar-refractivity contribution in [3.05, 3.63) is 69.6 Å². The number of ether oxygens (including phenoxy) is 1. The van der Waals surface area contributed by atoms with E-state index in [-0.39, 0.29) is 12.4 Å². The Balaban J connectivity index is 1.60. The maximum Gasteiger partial charge on any atom is 0.163 e.